The summed E-state index contributed by atoms with van der Waals surface area (Å²) in [5, 5.41) is 9.34. The maximum absolute atomic E-state index is 11.3. The van der Waals surface area contributed by atoms with Gasteiger partial charge in [-0.05, 0) is 6.42 Å². The van der Waals surface area contributed by atoms with Gasteiger partial charge in [0.25, 0.3) is 0 Å². The molecule has 0 aliphatic heterocycles. The molecule has 1 N–H and O–H groups in total. The van der Waals surface area contributed by atoms with Gasteiger partial charge in [-0.1, -0.05) is 48.1 Å². The molecule has 0 heterocycles. The Morgan fingerprint density at radius 2 is 2.00 bits per heavy atom. The van der Waals surface area contributed by atoms with Crippen molar-refractivity contribution in [3.63, 3.8) is 0 Å². The van der Waals surface area contributed by atoms with Crippen molar-refractivity contribution < 1.29 is 31.7 Å². The summed E-state index contributed by atoms with van der Waals surface area (Å²) in [5.74, 6) is -1.92. The second-order valence-corrected chi connectivity index (χ2v) is 5.08. The van der Waals surface area contributed by atoms with Crippen LogP contribution in [0, 0.1) is 6.57 Å². The molecule has 8 heteroatoms. The van der Waals surface area contributed by atoms with Gasteiger partial charge in [0.05, 0.1) is 13.2 Å². The second-order valence-electron chi connectivity index (χ2n) is 2.80. The van der Waals surface area contributed by atoms with Crippen LogP contribution >= 0.6 is 34.8 Å². The monoisotopic (exact) mass is 348 g/mol. The van der Waals surface area contributed by atoms with Crippen LogP contribution in [-0.2, 0) is 26.6 Å². The molecule has 17 heavy (non-hydrogen) atoms. The number of allylic oxidation sites excluding steroid dienone is 1. The van der Waals surface area contributed by atoms with Crippen molar-refractivity contribution in [1.82, 2.24) is 0 Å². The number of aliphatic hydroxyl groups is 1. The van der Waals surface area contributed by atoms with Crippen LogP contribution in [0.15, 0.2) is 11.5 Å². The van der Waals surface area contributed by atoms with Gasteiger partial charge in [-0.2, -0.15) is 0 Å². The van der Waals surface area contributed by atoms with Crippen LogP contribution < -0.4 is 0 Å². The van der Waals surface area contributed by atoms with Crippen LogP contribution in [0.5, 0.6) is 0 Å². The van der Waals surface area contributed by atoms with E-state index in [0.717, 1.165) is 6.42 Å². The predicted octanol–water partition coefficient (Wildman–Crippen LogP) is 3.39. The van der Waals surface area contributed by atoms with E-state index in [1.807, 2.05) is 6.92 Å². The minimum atomic E-state index is -2.20. The molecule has 0 fully saturated rings. The Bertz CT molecular complexity index is 333. The van der Waals surface area contributed by atoms with E-state index in [1.165, 1.54) is 0 Å². The number of carbonyl (C=O) groups is 1. The van der Waals surface area contributed by atoms with E-state index in [2.05, 4.69) is 4.85 Å². The molecule has 0 aromatic carbocycles. The van der Waals surface area contributed by atoms with Crippen molar-refractivity contribution in [3.05, 3.63) is 22.9 Å². The number of ether oxygens (including phenoxy) is 1. The van der Waals surface area contributed by atoms with Crippen LogP contribution in [0.2, 0.25) is 0 Å². The fourth-order valence-corrected chi connectivity index (χ4v) is 0.976. The Hall–Kier alpha value is -0.111. The smallest absolute Gasteiger partial charge is 0.340 e. The summed E-state index contributed by atoms with van der Waals surface area (Å²) >= 11 is 16.0. The number of unbranched alkanes of at least 4 members (excludes halogenated alkanes) is 1. The molecular formula is C9H10Cl3CuNO3. The summed E-state index contributed by atoms with van der Waals surface area (Å²) in [4.78, 5) is 14.1. The summed E-state index contributed by atoms with van der Waals surface area (Å²) in [6.07, 6.45) is 1.49. The zero-order chi connectivity index (χ0) is 12.8. The molecule has 0 atom stereocenters. The summed E-state index contributed by atoms with van der Waals surface area (Å²) in [6, 6.07) is 0. The summed E-state index contributed by atoms with van der Waals surface area (Å²) in [6.45, 7) is 8.78. The van der Waals surface area contributed by atoms with Crippen LogP contribution in [0.4, 0.5) is 0 Å². The molecule has 101 valence electrons. The SMILES string of the molecule is [C-]#[N+]/C(C(=O)OCCCC)=C(/O)C(Cl)(Cl)Cl.[Cu]. The zero-order valence-corrected chi connectivity index (χ0v) is 12.0. The van der Waals surface area contributed by atoms with E-state index in [-0.39, 0.29) is 23.7 Å². The molecule has 0 aliphatic carbocycles. The molecule has 0 aromatic heterocycles. The largest absolute Gasteiger partial charge is 0.519 e. The second kappa shape index (κ2) is 8.90. The summed E-state index contributed by atoms with van der Waals surface area (Å²) in [7, 11) is 0. The number of alkyl halides is 3. The van der Waals surface area contributed by atoms with Gasteiger partial charge in [-0.25, -0.2) is 4.85 Å². The third-order valence-electron chi connectivity index (χ3n) is 1.53. The van der Waals surface area contributed by atoms with Gasteiger partial charge in [-0.3, -0.25) is 4.79 Å². The van der Waals surface area contributed by atoms with Gasteiger partial charge in [-0.15, -0.1) is 0 Å². The van der Waals surface area contributed by atoms with E-state index >= 15 is 0 Å². The molecule has 1 radical (unpaired) electrons. The molecule has 0 saturated carbocycles. The topological polar surface area (TPSA) is 50.9 Å². The molecule has 0 aromatic rings. The van der Waals surface area contributed by atoms with Crippen LogP contribution in [0.3, 0.4) is 0 Å². The van der Waals surface area contributed by atoms with Crippen LogP contribution in [0.1, 0.15) is 19.8 Å². The molecule has 0 aliphatic rings. The first kappa shape index (κ1) is 19.2. The minimum Gasteiger partial charge on any atom is -0.519 e. The van der Waals surface area contributed by atoms with E-state index in [9.17, 15) is 9.90 Å². The molecule has 0 spiro atoms. The maximum atomic E-state index is 11.3. The Kier molecular flexibility index (Phi) is 10.1. The predicted molar refractivity (Wildman–Crippen MR) is 62.4 cm³/mol. The summed E-state index contributed by atoms with van der Waals surface area (Å²) < 4.78 is 2.50. The minimum absolute atomic E-state index is 0. The van der Waals surface area contributed by atoms with E-state index in [0.29, 0.717) is 6.42 Å². The third-order valence-corrected chi connectivity index (χ3v) is 2.07. The van der Waals surface area contributed by atoms with Crippen molar-refractivity contribution in [2.75, 3.05) is 6.61 Å². The first-order chi connectivity index (χ1) is 7.34. The molecule has 0 bridgehead atoms. The molecule has 4 nitrogen and oxygen atoms in total. The van der Waals surface area contributed by atoms with Gasteiger partial charge < -0.3 is 9.84 Å². The van der Waals surface area contributed by atoms with Gasteiger partial charge in [0.1, 0.15) is 0 Å². The van der Waals surface area contributed by atoms with E-state index in [1.54, 1.807) is 0 Å². The number of hydrogen-bond acceptors (Lipinski definition) is 3. The van der Waals surface area contributed by atoms with Gasteiger partial charge in [0.2, 0.25) is 3.79 Å². The molecule has 0 rings (SSSR count). The number of hydrogen-bond donors (Lipinski definition) is 1. The van der Waals surface area contributed by atoms with Gasteiger partial charge >= 0.3 is 11.7 Å². The number of halogens is 3. The third kappa shape index (κ3) is 7.02. The Morgan fingerprint density at radius 3 is 2.35 bits per heavy atom. The number of nitrogens with zero attached hydrogens (tertiary/aromatic N) is 1. The van der Waals surface area contributed by atoms with Gasteiger partial charge in [0, 0.05) is 17.1 Å². The van der Waals surface area contributed by atoms with Crippen LogP contribution in [-0.4, -0.2) is 21.5 Å². The Labute approximate surface area is 125 Å². The molecule has 0 unspecified atom stereocenters. The van der Waals surface area contributed by atoms with Gasteiger partial charge in [0.15, 0.2) is 5.76 Å². The quantitative estimate of drug-likeness (QED) is 0.161. The normalized spacial score (nSPS) is 11.9. The fraction of sp³-hybridized carbons (Fsp3) is 0.556. The van der Waals surface area contributed by atoms with Crippen molar-refractivity contribution in [1.29, 1.82) is 0 Å². The number of esters is 1. The fourth-order valence-electron chi connectivity index (χ4n) is 0.707. The van der Waals surface area contributed by atoms with Crippen molar-refractivity contribution >= 4 is 40.8 Å². The average molecular weight is 350 g/mol. The Balaban J connectivity index is 0. The first-order valence-corrected chi connectivity index (χ1v) is 5.53. The van der Waals surface area contributed by atoms with Crippen molar-refractivity contribution in [3.8, 4) is 0 Å². The zero-order valence-electron chi connectivity index (χ0n) is 8.77. The molecule has 0 amide bonds. The maximum Gasteiger partial charge on any atom is 0.340 e. The molecule has 0 saturated heterocycles. The first-order valence-electron chi connectivity index (χ1n) is 4.39. The molecular weight excluding hydrogens is 340 g/mol. The summed E-state index contributed by atoms with van der Waals surface area (Å²) in [5.41, 5.74) is -0.712. The van der Waals surface area contributed by atoms with E-state index in [4.69, 9.17) is 46.1 Å². The average Bonchev–Trinajstić information content (AvgIpc) is 2.17. The van der Waals surface area contributed by atoms with Crippen molar-refractivity contribution in [2.45, 2.75) is 23.6 Å². The number of carbonyl (C=O) groups excluding carboxylic acids is 1. The van der Waals surface area contributed by atoms with Crippen LogP contribution in [0.25, 0.3) is 4.85 Å². The number of aliphatic hydroxyl groups excluding tert-OH is 1. The number of rotatable bonds is 4. The van der Waals surface area contributed by atoms with Crippen molar-refractivity contribution in [2.24, 2.45) is 0 Å². The Morgan fingerprint density at radius 1 is 1.47 bits per heavy atom. The van der Waals surface area contributed by atoms with E-state index < -0.39 is 21.2 Å². The standard InChI is InChI=1S/C9H10Cl3NO3.Cu/c1-3-4-5-16-8(15)6(13-2)7(14)9(10,11)12;/h14H,3-5H2,1H3;/b7-6+;.